The van der Waals surface area contributed by atoms with E-state index >= 15 is 0 Å². The third kappa shape index (κ3) is 3.01. The molecule has 0 aliphatic heterocycles. The molecule has 3 rings (SSSR count). The highest BCUT2D eigenvalue weighted by Gasteiger charge is 2.09. The fraction of sp³-hybridized carbons (Fsp3) is 0.133. The van der Waals surface area contributed by atoms with Gasteiger partial charge in [-0.25, -0.2) is 4.98 Å². The Morgan fingerprint density at radius 2 is 2.00 bits per heavy atom. The summed E-state index contributed by atoms with van der Waals surface area (Å²) < 4.78 is 10.6. The first-order valence-electron chi connectivity index (χ1n) is 6.28. The lowest BCUT2D eigenvalue weighted by Gasteiger charge is -2.10. The van der Waals surface area contributed by atoms with Gasteiger partial charge in [0, 0.05) is 11.4 Å². The van der Waals surface area contributed by atoms with Gasteiger partial charge in [-0.05, 0) is 23.6 Å². The summed E-state index contributed by atoms with van der Waals surface area (Å²) in [6, 6.07) is 9.75. The van der Waals surface area contributed by atoms with E-state index in [2.05, 4.69) is 16.4 Å². The van der Waals surface area contributed by atoms with Crippen molar-refractivity contribution in [2.75, 3.05) is 19.5 Å². The minimum absolute atomic E-state index is 0.724. The number of thiophene rings is 1. The number of hydrogen-bond donors (Lipinski definition) is 1. The number of rotatable bonds is 5. The molecular weight excluding hydrogens is 304 g/mol. The minimum atomic E-state index is 0.724. The molecule has 0 atom stereocenters. The smallest absolute Gasteiger partial charge is 0.187 e. The Labute approximate surface area is 131 Å². The van der Waals surface area contributed by atoms with Gasteiger partial charge in [-0.15, -0.1) is 22.7 Å². The fourth-order valence-electron chi connectivity index (χ4n) is 1.89. The third-order valence-electron chi connectivity index (χ3n) is 2.93. The molecule has 0 saturated carbocycles. The predicted molar refractivity (Wildman–Crippen MR) is 88.3 cm³/mol. The molecule has 0 aliphatic carbocycles. The first-order chi connectivity index (χ1) is 10.3. The van der Waals surface area contributed by atoms with Gasteiger partial charge in [-0.3, -0.25) is 0 Å². The molecule has 1 aromatic carbocycles. The molecule has 0 unspecified atom stereocenters. The maximum Gasteiger partial charge on any atom is 0.187 e. The van der Waals surface area contributed by atoms with Crippen molar-refractivity contribution in [3.05, 3.63) is 41.1 Å². The molecular formula is C15H14N2O2S2. The topological polar surface area (TPSA) is 43.4 Å². The SMILES string of the molecule is COc1ccc(Nc2nc(-c3cccs3)cs2)c(OC)c1. The van der Waals surface area contributed by atoms with E-state index in [0.29, 0.717) is 0 Å². The first kappa shape index (κ1) is 13.9. The van der Waals surface area contributed by atoms with Gasteiger partial charge in [-0.2, -0.15) is 0 Å². The molecule has 6 heteroatoms. The van der Waals surface area contributed by atoms with Crippen LogP contribution in [0.25, 0.3) is 10.6 Å². The molecule has 3 aromatic rings. The highest BCUT2D eigenvalue weighted by molar-refractivity contribution is 7.16. The maximum atomic E-state index is 5.38. The Morgan fingerprint density at radius 3 is 2.71 bits per heavy atom. The highest BCUT2D eigenvalue weighted by Crippen LogP contribution is 2.34. The zero-order valence-electron chi connectivity index (χ0n) is 11.6. The molecule has 0 fully saturated rings. The largest absolute Gasteiger partial charge is 0.497 e. The summed E-state index contributed by atoms with van der Waals surface area (Å²) in [5, 5.41) is 8.22. The fourth-order valence-corrected chi connectivity index (χ4v) is 3.37. The molecule has 2 aromatic heterocycles. The van der Waals surface area contributed by atoms with Crippen LogP contribution in [0, 0.1) is 0 Å². The maximum absolute atomic E-state index is 5.38. The Morgan fingerprint density at radius 1 is 1.10 bits per heavy atom. The van der Waals surface area contributed by atoms with Gasteiger partial charge in [0.15, 0.2) is 5.13 Å². The van der Waals surface area contributed by atoms with Gasteiger partial charge in [0.25, 0.3) is 0 Å². The van der Waals surface area contributed by atoms with Crippen LogP contribution in [0.15, 0.2) is 41.1 Å². The van der Waals surface area contributed by atoms with Crippen molar-refractivity contribution in [1.82, 2.24) is 4.98 Å². The summed E-state index contributed by atoms with van der Waals surface area (Å²) in [7, 11) is 3.27. The van der Waals surface area contributed by atoms with Crippen LogP contribution in [0.4, 0.5) is 10.8 Å². The van der Waals surface area contributed by atoms with Crippen molar-refractivity contribution in [2.24, 2.45) is 0 Å². The second-order valence-corrected chi connectivity index (χ2v) is 6.01. The van der Waals surface area contributed by atoms with Crippen LogP contribution in [0.5, 0.6) is 11.5 Å². The molecule has 0 amide bonds. The van der Waals surface area contributed by atoms with Gasteiger partial charge in [0.05, 0.1) is 30.5 Å². The summed E-state index contributed by atoms with van der Waals surface area (Å²) in [4.78, 5) is 5.76. The Bertz CT molecular complexity index is 723. The van der Waals surface area contributed by atoms with Crippen molar-refractivity contribution < 1.29 is 9.47 Å². The minimum Gasteiger partial charge on any atom is -0.497 e. The van der Waals surface area contributed by atoms with E-state index in [-0.39, 0.29) is 0 Å². The zero-order chi connectivity index (χ0) is 14.7. The number of nitrogens with one attached hydrogen (secondary N) is 1. The zero-order valence-corrected chi connectivity index (χ0v) is 13.3. The number of thiazole rings is 1. The molecule has 108 valence electrons. The first-order valence-corrected chi connectivity index (χ1v) is 8.04. The molecule has 0 aliphatic rings. The highest BCUT2D eigenvalue weighted by atomic mass is 32.1. The second kappa shape index (κ2) is 6.15. The molecule has 0 radical (unpaired) electrons. The van der Waals surface area contributed by atoms with Gasteiger partial charge in [0.2, 0.25) is 0 Å². The van der Waals surface area contributed by atoms with Gasteiger partial charge < -0.3 is 14.8 Å². The second-order valence-electron chi connectivity index (χ2n) is 4.21. The van der Waals surface area contributed by atoms with E-state index in [9.17, 15) is 0 Å². The van der Waals surface area contributed by atoms with Crippen LogP contribution in [-0.4, -0.2) is 19.2 Å². The summed E-state index contributed by atoms with van der Waals surface area (Å²) in [5.74, 6) is 1.48. The lowest BCUT2D eigenvalue weighted by atomic mass is 10.3. The van der Waals surface area contributed by atoms with E-state index in [0.717, 1.165) is 28.0 Å². The van der Waals surface area contributed by atoms with E-state index in [1.54, 1.807) is 36.9 Å². The lowest BCUT2D eigenvalue weighted by molar-refractivity contribution is 0.395. The van der Waals surface area contributed by atoms with Crippen LogP contribution in [0.3, 0.4) is 0 Å². The Hall–Kier alpha value is -2.05. The third-order valence-corrected chi connectivity index (χ3v) is 4.58. The van der Waals surface area contributed by atoms with Gasteiger partial charge >= 0.3 is 0 Å². The number of anilines is 2. The van der Waals surface area contributed by atoms with Crippen LogP contribution in [0.1, 0.15) is 0 Å². The van der Waals surface area contributed by atoms with Crippen LogP contribution in [-0.2, 0) is 0 Å². The molecule has 4 nitrogen and oxygen atoms in total. The molecule has 0 saturated heterocycles. The number of benzene rings is 1. The predicted octanol–water partition coefficient (Wildman–Crippen LogP) is 4.63. The molecule has 21 heavy (non-hydrogen) atoms. The van der Waals surface area contributed by atoms with E-state index in [4.69, 9.17) is 9.47 Å². The van der Waals surface area contributed by atoms with Crippen molar-refractivity contribution >= 4 is 33.5 Å². The van der Waals surface area contributed by atoms with Crippen molar-refractivity contribution in [3.8, 4) is 22.1 Å². The van der Waals surface area contributed by atoms with Gasteiger partial charge in [-0.1, -0.05) is 6.07 Å². The van der Waals surface area contributed by atoms with E-state index in [1.807, 2.05) is 35.0 Å². The number of methoxy groups -OCH3 is 2. The van der Waals surface area contributed by atoms with Crippen LogP contribution >= 0.6 is 22.7 Å². The average Bonchev–Trinajstić information content (AvgIpc) is 3.18. The number of nitrogens with zero attached hydrogens (tertiary/aromatic N) is 1. The Kier molecular flexibility index (Phi) is 4.08. The summed E-state index contributed by atoms with van der Waals surface area (Å²) >= 11 is 3.25. The quantitative estimate of drug-likeness (QED) is 0.744. The molecule has 2 heterocycles. The van der Waals surface area contributed by atoms with Crippen molar-refractivity contribution in [3.63, 3.8) is 0 Å². The molecule has 0 bridgehead atoms. The number of aromatic nitrogens is 1. The summed E-state index contributed by atoms with van der Waals surface area (Å²) in [5.41, 5.74) is 1.86. The van der Waals surface area contributed by atoms with Crippen LogP contribution < -0.4 is 14.8 Å². The molecule has 0 spiro atoms. The van der Waals surface area contributed by atoms with E-state index < -0.39 is 0 Å². The number of hydrogen-bond acceptors (Lipinski definition) is 6. The summed E-state index contributed by atoms with van der Waals surface area (Å²) in [6.07, 6.45) is 0. The standard InChI is InChI=1S/C15H14N2O2S2/c1-18-10-5-6-11(13(8-10)19-2)16-15-17-12(9-21-15)14-4-3-7-20-14/h3-9H,1-2H3,(H,16,17). The van der Waals surface area contributed by atoms with Crippen molar-refractivity contribution in [2.45, 2.75) is 0 Å². The Balaban J connectivity index is 1.84. The van der Waals surface area contributed by atoms with Crippen LogP contribution in [0.2, 0.25) is 0 Å². The normalized spacial score (nSPS) is 10.4. The van der Waals surface area contributed by atoms with E-state index in [1.165, 1.54) is 4.88 Å². The lowest BCUT2D eigenvalue weighted by Crippen LogP contribution is -1.95. The summed E-state index contributed by atoms with van der Waals surface area (Å²) in [6.45, 7) is 0. The average molecular weight is 318 g/mol. The van der Waals surface area contributed by atoms with Gasteiger partial charge in [0.1, 0.15) is 11.5 Å². The number of ether oxygens (including phenoxy) is 2. The molecule has 1 N–H and O–H groups in total. The van der Waals surface area contributed by atoms with Crippen molar-refractivity contribution in [1.29, 1.82) is 0 Å². The monoisotopic (exact) mass is 318 g/mol.